The molecule has 1 saturated carbocycles. The van der Waals surface area contributed by atoms with Crippen LogP contribution in [0.25, 0.3) is 0 Å². The monoisotopic (exact) mass is 370 g/mol. The fourth-order valence-electron chi connectivity index (χ4n) is 3.37. The van der Waals surface area contributed by atoms with Crippen LogP contribution in [0.4, 0.5) is 0 Å². The highest BCUT2D eigenvalue weighted by Crippen LogP contribution is 2.44. The van der Waals surface area contributed by atoms with Gasteiger partial charge in [-0.3, -0.25) is 0 Å². The second-order valence-electron chi connectivity index (χ2n) is 5.93. The third-order valence-corrected chi connectivity index (χ3v) is 6.13. The summed E-state index contributed by atoms with van der Waals surface area (Å²) in [6, 6.07) is 5.31. The summed E-state index contributed by atoms with van der Waals surface area (Å²) in [5, 5.41) is 9.26. The van der Waals surface area contributed by atoms with Crippen LogP contribution in [0.5, 0.6) is 0 Å². The third-order valence-electron chi connectivity index (χ3n) is 4.45. The van der Waals surface area contributed by atoms with E-state index in [0.717, 1.165) is 21.5 Å². The summed E-state index contributed by atoms with van der Waals surface area (Å²) >= 11 is 5.00. The molecule has 0 bridgehead atoms. The molecule has 2 fully saturated rings. The van der Waals surface area contributed by atoms with Crippen molar-refractivity contribution in [3.05, 3.63) is 28.2 Å². The SMILES string of the molecule is O=C(O)c1ccc(Br)cc1SCC1CCC2(CCCC2)O1. The van der Waals surface area contributed by atoms with Gasteiger partial charge in [0.15, 0.2) is 0 Å². The molecular weight excluding hydrogens is 352 g/mol. The molecule has 3 nitrogen and oxygen atoms in total. The van der Waals surface area contributed by atoms with Crippen molar-refractivity contribution in [2.75, 3.05) is 5.75 Å². The Morgan fingerprint density at radius 2 is 2.14 bits per heavy atom. The summed E-state index contributed by atoms with van der Waals surface area (Å²) < 4.78 is 7.19. The van der Waals surface area contributed by atoms with Crippen molar-refractivity contribution in [1.29, 1.82) is 0 Å². The van der Waals surface area contributed by atoms with Crippen molar-refractivity contribution in [1.82, 2.24) is 0 Å². The normalized spacial score (nSPS) is 23.8. The molecule has 0 amide bonds. The lowest BCUT2D eigenvalue weighted by Crippen LogP contribution is -2.25. The molecule has 2 aliphatic rings. The Kier molecular flexibility index (Phi) is 4.62. The Bertz CT molecular complexity index is 540. The van der Waals surface area contributed by atoms with Crippen molar-refractivity contribution in [3.63, 3.8) is 0 Å². The minimum atomic E-state index is -0.871. The van der Waals surface area contributed by atoms with Gasteiger partial charge in [0, 0.05) is 15.1 Å². The molecule has 114 valence electrons. The first-order valence-corrected chi connectivity index (χ1v) is 9.19. The summed E-state index contributed by atoms with van der Waals surface area (Å²) in [7, 11) is 0. The maximum Gasteiger partial charge on any atom is 0.336 e. The number of halogens is 1. The van der Waals surface area contributed by atoms with Gasteiger partial charge in [-0.25, -0.2) is 4.79 Å². The number of hydrogen-bond acceptors (Lipinski definition) is 3. The zero-order valence-corrected chi connectivity index (χ0v) is 14.2. The summed E-state index contributed by atoms with van der Waals surface area (Å²) in [6.45, 7) is 0. The molecule has 0 aromatic heterocycles. The second-order valence-corrected chi connectivity index (χ2v) is 7.90. The molecule has 1 aliphatic carbocycles. The Labute approximate surface area is 137 Å². The predicted molar refractivity (Wildman–Crippen MR) is 87.1 cm³/mol. The molecule has 1 aliphatic heterocycles. The van der Waals surface area contributed by atoms with Gasteiger partial charge in [0.25, 0.3) is 0 Å². The number of hydrogen-bond donors (Lipinski definition) is 1. The number of thioether (sulfide) groups is 1. The van der Waals surface area contributed by atoms with E-state index in [0.29, 0.717) is 5.56 Å². The van der Waals surface area contributed by atoms with Crippen LogP contribution in [-0.2, 0) is 4.74 Å². The number of rotatable bonds is 4. The third kappa shape index (κ3) is 3.46. The van der Waals surface area contributed by atoms with Gasteiger partial charge in [-0.05, 0) is 43.9 Å². The highest BCUT2D eigenvalue weighted by molar-refractivity contribution is 9.10. The molecular formula is C16H19BrO3S. The van der Waals surface area contributed by atoms with E-state index >= 15 is 0 Å². The molecule has 21 heavy (non-hydrogen) atoms. The minimum absolute atomic E-state index is 0.151. The van der Waals surface area contributed by atoms with Gasteiger partial charge in [0.1, 0.15) is 0 Å². The van der Waals surface area contributed by atoms with E-state index < -0.39 is 5.97 Å². The predicted octanol–water partition coefficient (Wildman–Crippen LogP) is 4.73. The Morgan fingerprint density at radius 3 is 2.86 bits per heavy atom. The van der Waals surface area contributed by atoms with E-state index in [1.54, 1.807) is 23.9 Å². The minimum Gasteiger partial charge on any atom is -0.478 e. The quantitative estimate of drug-likeness (QED) is 0.778. The standard InChI is InChI=1S/C16H19BrO3S/c17-11-3-4-13(15(18)19)14(9-11)21-10-12-5-8-16(20-12)6-1-2-7-16/h3-4,9,12H,1-2,5-8,10H2,(H,18,19). The molecule has 3 rings (SSSR count). The summed E-state index contributed by atoms with van der Waals surface area (Å²) in [6.07, 6.45) is 7.50. The first-order valence-electron chi connectivity index (χ1n) is 7.41. The van der Waals surface area contributed by atoms with E-state index in [9.17, 15) is 9.90 Å². The van der Waals surface area contributed by atoms with Crippen LogP contribution in [0.3, 0.4) is 0 Å². The number of carbonyl (C=O) groups is 1. The maximum atomic E-state index is 11.3. The average molecular weight is 371 g/mol. The maximum absolute atomic E-state index is 11.3. The van der Waals surface area contributed by atoms with E-state index in [1.165, 1.54) is 32.1 Å². The average Bonchev–Trinajstić information content (AvgIpc) is 3.07. The lowest BCUT2D eigenvalue weighted by atomic mass is 9.98. The molecule has 5 heteroatoms. The van der Waals surface area contributed by atoms with Gasteiger partial charge in [-0.2, -0.15) is 0 Å². The Morgan fingerprint density at radius 1 is 1.38 bits per heavy atom. The van der Waals surface area contributed by atoms with Gasteiger partial charge in [-0.1, -0.05) is 28.8 Å². The molecule has 0 radical (unpaired) electrons. The van der Waals surface area contributed by atoms with Crippen LogP contribution < -0.4 is 0 Å². The number of carboxylic acid groups (broad SMARTS) is 1. The fraction of sp³-hybridized carbons (Fsp3) is 0.562. The molecule has 1 aromatic carbocycles. The van der Waals surface area contributed by atoms with Gasteiger partial charge in [0.05, 0.1) is 17.3 Å². The number of aromatic carboxylic acids is 1. The van der Waals surface area contributed by atoms with Crippen LogP contribution in [0.1, 0.15) is 48.9 Å². The summed E-state index contributed by atoms with van der Waals surface area (Å²) in [5.41, 5.74) is 0.523. The molecule has 1 N–H and O–H groups in total. The lowest BCUT2D eigenvalue weighted by molar-refractivity contribution is -0.0267. The number of ether oxygens (including phenoxy) is 1. The molecule has 1 saturated heterocycles. The zero-order valence-electron chi connectivity index (χ0n) is 11.8. The van der Waals surface area contributed by atoms with Gasteiger partial charge in [0.2, 0.25) is 0 Å². The topological polar surface area (TPSA) is 46.5 Å². The van der Waals surface area contributed by atoms with Gasteiger partial charge in [-0.15, -0.1) is 11.8 Å². The highest BCUT2D eigenvalue weighted by Gasteiger charge is 2.41. The van der Waals surface area contributed by atoms with Gasteiger partial charge >= 0.3 is 5.97 Å². The van der Waals surface area contributed by atoms with Crippen LogP contribution in [-0.4, -0.2) is 28.5 Å². The molecule has 1 heterocycles. The van der Waals surface area contributed by atoms with Crippen molar-refractivity contribution >= 4 is 33.7 Å². The van der Waals surface area contributed by atoms with Crippen LogP contribution >= 0.6 is 27.7 Å². The highest BCUT2D eigenvalue weighted by atomic mass is 79.9. The Balaban J connectivity index is 1.63. The molecule has 1 spiro atoms. The van der Waals surface area contributed by atoms with E-state index in [1.807, 2.05) is 6.07 Å². The largest absolute Gasteiger partial charge is 0.478 e. The van der Waals surface area contributed by atoms with E-state index in [2.05, 4.69) is 15.9 Å². The summed E-state index contributed by atoms with van der Waals surface area (Å²) in [4.78, 5) is 12.1. The first kappa shape index (κ1) is 15.4. The van der Waals surface area contributed by atoms with Gasteiger partial charge < -0.3 is 9.84 Å². The fourth-order valence-corrected chi connectivity index (χ4v) is 5.01. The smallest absolute Gasteiger partial charge is 0.336 e. The van der Waals surface area contributed by atoms with Crippen molar-refractivity contribution in [2.45, 2.75) is 55.1 Å². The van der Waals surface area contributed by atoms with Crippen molar-refractivity contribution < 1.29 is 14.6 Å². The number of carboxylic acids is 1. The zero-order chi connectivity index (χ0) is 14.9. The molecule has 1 aromatic rings. The van der Waals surface area contributed by atoms with Crippen LogP contribution in [0.2, 0.25) is 0 Å². The Hall–Kier alpha value is -0.520. The second kappa shape index (κ2) is 6.31. The van der Waals surface area contributed by atoms with Crippen molar-refractivity contribution in [3.8, 4) is 0 Å². The first-order chi connectivity index (χ1) is 10.1. The van der Waals surface area contributed by atoms with E-state index in [-0.39, 0.29) is 11.7 Å². The molecule has 1 atom stereocenters. The van der Waals surface area contributed by atoms with E-state index in [4.69, 9.17) is 4.74 Å². The van der Waals surface area contributed by atoms with Crippen LogP contribution in [0, 0.1) is 0 Å². The van der Waals surface area contributed by atoms with Crippen molar-refractivity contribution in [2.24, 2.45) is 0 Å². The summed E-state index contributed by atoms with van der Waals surface area (Å²) in [5.74, 6) is -0.0389. The van der Waals surface area contributed by atoms with Crippen LogP contribution in [0.15, 0.2) is 27.6 Å². The lowest BCUT2D eigenvalue weighted by Gasteiger charge is -2.23. The molecule has 1 unspecified atom stereocenters. The number of benzene rings is 1.